The Hall–Kier alpha value is -2.41. The zero-order chi connectivity index (χ0) is 18.7. The Morgan fingerprint density at radius 1 is 0.519 bits per heavy atom. The van der Waals surface area contributed by atoms with E-state index in [0.29, 0.717) is 0 Å². The van der Waals surface area contributed by atoms with Crippen LogP contribution in [0.25, 0.3) is 11.1 Å². The van der Waals surface area contributed by atoms with Gasteiger partial charge in [-0.1, -0.05) is 113 Å². The zero-order valence-electron chi connectivity index (χ0n) is 14.6. The van der Waals surface area contributed by atoms with Gasteiger partial charge < -0.3 is 4.57 Å². The molecule has 0 saturated heterocycles. The number of hydrogen-bond donors (Lipinski definition) is 0. The van der Waals surface area contributed by atoms with E-state index >= 15 is 0 Å². The van der Waals surface area contributed by atoms with Gasteiger partial charge in [0.25, 0.3) is 0 Å². The van der Waals surface area contributed by atoms with Crippen LogP contribution in [0.5, 0.6) is 0 Å². The molecule has 0 aliphatic rings. The van der Waals surface area contributed by atoms with E-state index in [2.05, 4.69) is 40.2 Å². The third kappa shape index (κ3) is 3.56. The summed E-state index contributed by atoms with van der Waals surface area (Å²) >= 11 is 3.52. The molecule has 0 radical (unpaired) electrons. The van der Waals surface area contributed by atoms with E-state index in [9.17, 15) is 4.57 Å². The monoisotopic (exact) mass is 432 g/mol. The summed E-state index contributed by atoms with van der Waals surface area (Å²) in [6.45, 7) is 0. The minimum absolute atomic E-state index is 0.846. The fraction of sp³-hybridized carbons (Fsp3) is 0. The van der Waals surface area contributed by atoms with Gasteiger partial charge in [0.05, 0.1) is 0 Å². The summed E-state index contributed by atoms with van der Waals surface area (Å²) in [5.41, 5.74) is 2.23. The van der Waals surface area contributed by atoms with Gasteiger partial charge in [-0.3, -0.25) is 0 Å². The molecule has 0 unspecified atom stereocenters. The van der Waals surface area contributed by atoms with Crippen molar-refractivity contribution in [2.45, 2.75) is 0 Å². The second-order valence-corrected chi connectivity index (χ2v) is 10.0. The van der Waals surface area contributed by atoms with Crippen molar-refractivity contribution < 1.29 is 4.57 Å². The lowest BCUT2D eigenvalue weighted by molar-refractivity contribution is 0.592. The van der Waals surface area contributed by atoms with Crippen LogP contribution in [0, 0.1) is 0 Å². The van der Waals surface area contributed by atoms with Gasteiger partial charge in [0.15, 0.2) is 7.14 Å². The molecule has 3 heteroatoms. The van der Waals surface area contributed by atoms with Crippen LogP contribution in [0.4, 0.5) is 0 Å². The minimum atomic E-state index is -2.91. The molecule has 0 aliphatic carbocycles. The van der Waals surface area contributed by atoms with Gasteiger partial charge in [0.2, 0.25) is 0 Å². The molecule has 27 heavy (non-hydrogen) atoms. The predicted molar refractivity (Wildman–Crippen MR) is 119 cm³/mol. The lowest BCUT2D eigenvalue weighted by atomic mass is 10.1. The van der Waals surface area contributed by atoms with Crippen LogP contribution in [-0.2, 0) is 4.57 Å². The van der Waals surface area contributed by atoms with Crippen molar-refractivity contribution in [1.29, 1.82) is 0 Å². The molecule has 0 fully saturated rings. The third-order valence-corrected chi connectivity index (χ3v) is 8.20. The molecular formula is C24H18BrOP. The molecule has 0 heterocycles. The number of hydrogen-bond acceptors (Lipinski definition) is 1. The fourth-order valence-corrected chi connectivity index (χ4v) is 6.30. The predicted octanol–water partition coefficient (Wildman–Crippen LogP) is 5.76. The fourth-order valence-electron chi connectivity index (χ4n) is 3.25. The molecule has 4 aromatic rings. The molecule has 0 aromatic heterocycles. The van der Waals surface area contributed by atoms with Crippen LogP contribution < -0.4 is 15.9 Å². The quantitative estimate of drug-likeness (QED) is 0.375. The second-order valence-electron chi connectivity index (χ2n) is 6.34. The van der Waals surface area contributed by atoms with Crippen LogP contribution in [0.3, 0.4) is 0 Å². The topological polar surface area (TPSA) is 17.1 Å². The standard InChI is InChI=1S/C24H18BrOP/c25-21-9-7-8-20(18-21)19-14-16-24(17-15-19)27(26,22-10-3-1-4-11-22)23-12-5-2-6-13-23/h1-18H. The Labute approximate surface area is 168 Å². The third-order valence-electron chi connectivity index (χ3n) is 4.63. The van der Waals surface area contributed by atoms with E-state index in [-0.39, 0.29) is 0 Å². The first kappa shape index (κ1) is 18.0. The van der Waals surface area contributed by atoms with Crippen molar-refractivity contribution in [3.8, 4) is 11.1 Å². The smallest absolute Gasteiger partial charge is 0.171 e. The Bertz CT molecular complexity index is 1050. The van der Waals surface area contributed by atoms with Crippen molar-refractivity contribution in [1.82, 2.24) is 0 Å². The summed E-state index contributed by atoms with van der Waals surface area (Å²) in [6.07, 6.45) is 0. The van der Waals surface area contributed by atoms with Crippen molar-refractivity contribution in [2.75, 3.05) is 0 Å². The maximum absolute atomic E-state index is 14.3. The van der Waals surface area contributed by atoms with Gasteiger partial charge in [-0.05, 0) is 23.3 Å². The second kappa shape index (κ2) is 7.68. The Kier molecular flexibility index (Phi) is 5.11. The largest absolute Gasteiger partial charge is 0.309 e. The molecule has 0 saturated carbocycles. The summed E-state index contributed by atoms with van der Waals surface area (Å²) in [5, 5.41) is 2.55. The van der Waals surface area contributed by atoms with Crippen molar-refractivity contribution >= 4 is 39.0 Å². The SMILES string of the molecule is O=P(c1ccccc1)(c1ccccc1)c1ccc(-c2cccc(Br)c2)cc1. The van der Waals surface area contributed by atoms with E-state index in [1.807, 2.05) is 84.9 Å². The van der Waals surface area contributed by atoms with Crippen LogP contribution in [0.15, 0.2) is 114 Å². The molecule has 0 bridgehead atoms. The highest BCUT2D eigenvalue weighted by Gasteiger charge is 2.29. The summed E-state index contributed by atoms with van der Waals surface area (Å²) in [4.78, 5) is 0. The molecular weight excluding hydrogens is 415 g/mol. The Morgan fingerprint density at radius 3 is 1.56 bits per heavy atom. The molecule has 0 atom stereocenters. The maximum atomic E-state index is 14.3. The van der Waals surface area contributed by atoms with E-state index in [0.717, 1.165) is 31.5 Å². The summed E-state index contributed by atoms with van der Waals surface area (Å²) in [5.74, 6) is 0. The molecule has 132 valence electrons. The summed E-state index contributed by atoms with van der Waals surface area (Å²) in [6, 6.07) is 35.8. The minimum Gasteiger partial charge on any atom is -0.309 e. The lowest BCUT2D eigenvalue weighted by Gasteiger charge is -2.20. The molecule has 4 aromatic carbocycles. The van der Waals surface area contributed by atoms with Gasteiger partial charge in [0.1, 0.15) is 0 Å². The molecule has 4 rings (SSSR count). The van der Waals surface area contributed by atoms with Gasteiger partial charge in [-0.25, -0.2) is 0 Å². The average molecular weight is 433 g/mol. The van der Waals surface area contributed by atoms with E-state index < -0.39 is 7.14 Å². The average Bonchev–Trinajstić information content (AvgIpc) is 2.74. The molecule has 1 nitrogen and oxygen atoms in total. The molecule has 0 spiro atoms. The lowest BCUT2D eigenvalue weighted by Crippen LogP contribution is -2.24. The Morgan fingerprint density at radius 2 is 1.04 bits per heavy atom. The van der Waals surface area contributed by atoms with Crippen molar-refractivity contribution in [2.24, 2.45) is 0 Å². The van der Waals surface area contributed by atoms with E-state index in [1.54, 1.807) is 0 Å². The highest BCUT2D eigenvalue weighted by molar-refractivity contribution is 9.10. The van der Waals surface area contributed by atoms with Gasteiger partial charge in [-0.15, -0.1) is 0 Å². The summed E-state index contributed by atoms with van der Waals surface area (Å²) in [7, 11) is -2.91. The van der Waals surface area contributed by atoms with E-state index in [4.69, 9.17) is 0 Å². The first-order chi connectivity index (χ1) is 13.2. The van der Waals surface area contributed by atoms with Crippen LogP contribution in [-0.4, -0.2) is 0 Å². The van der Waals surface area contributed by atoms with Gasteiger partial charge in [0, 0.05) is 20.4 Å². The molecule has 0 N–H and O–H groups in total. The first-order valence-electron chi connectivity index (χ1n) is 8.76. The first-order valence-corrected chi connectivity index (χ1v) is 11.3. The van der Waals surface area contributed by atoms with Gasteiger partial charge >= 0.3 is 0 Å². The van der Waals surface area contributed by atoms with Gasteiger partial charge in [-0.2, -0.15) is 0 Å². The number of halogens is 1. The maximum Gasteiger partial charge on any atom is 0.171 e. The normalized spacial score (nSPS) is 11.3. The zero-order valence-corrected chi connectivity index (χ0v) is 17.1. The number of rotatable bonds is 4. The Balaban J connectivity index is 1.83. The van der Waals surface area contributed by atoms with E-state index in [1.165, 1.54) is 0 Å². The van der Waals surface area contributed by atoms with Crippen molar-refractivity contribution in [3.63, 3.8) is 0 Å². The highest BCUT2D eigenvalue weighted by Crippen LogP contribution is 2.42. The van der Waals surface area contributed by atoms with Crippen LogP contribution in [0.2, 0.25) is 0 Å². The van der Waals surface area contributed by atoms with Crippen molar-refractivity contribution in [3.05, 3.63) is 114 Å². The number of benzene rings is 4. The molecule has 0 amide bonds. The van der Waals surface area contributed by atoms with Crippen LogP contribution >= 0.6 is 23.1 Å². The summed E-state index contributed by atoms with van der Waals surface area (Å²) < 4.78 is 15.4. The van der Waals surface area contributed by atoms with Crippen LogP contribution in [0.1, 0.15) is 0 Å². The highest BCUT2D eigenvalue weighted by atomic mass is 79.9. The molecule has 0 aliphatic heterocycles.